The summed E-state index contributed by atoms with van der Waals surface area (Å²) in [6, 6.07) is 1.83. The normalized spacial score (nSPS) is 23.5. The number of carbonyl (C=O) groups is 1. The van der Waals surface area contributed by atoms with Crippen molar-refractivity contribution in [3.63, 3.8) is 0 Å². The van der Waals surface area contributed by atoms with Crippen molar-refractivity contribution in [2.24, 2.45) is 0 Å². The van der Waals surface area contributed by atoms with E-state index in [1.807, 2.05) is 13.0 Å². The van der Waals surface area contributed by atoms with Crippen LogP contribution in [0.15, 0.2) is 6.07 Å². The Balaban J connectivity index is 1.79. The summed E-state index contributed by atoms with van der Waals surface area (Å²) in [5.74, 6) is 1.32. The van der Waals surface area contributed by atoms with Crippen LogP contribution < -0.4 is 4.90 Å². The van der Waals surface area contributed by atoms with Gasteiger partial charge in [0.1, 0.15) is 17.7 Å². The van der Waals surface area contributed by atoms with Gasteiger partial charge in [0.2, 0.25) is 10.0 Å². The molecule has 0 bridgehead atoms. The van der Waals surface area contributed by atoms with Crippen LogP contribution in [0.5, 0.6) is 0 Å². The van der Waals surface area contributed by atoms with Crippen LogP contribution in [0.4, 0.5) is 10.6 Å². The van der Waals surface area contributed by atoms with E-state index in [9.17, 15) is 13.2 Å². The highest BCUT2D eigenvalue weighted by Crippen LogP contribution is 2.30. The van der Waals surface area contributed by atoms with Gasteiger partial charge in [-0.1, -0.05) is 0 Å². The Hall–Kier alpha value is -1.74. The molecule has 1 atom stereocenters. The third kappa shape index (κ3) is 3.51. The van der Waals surface area contributed by atoms with E-state index in [4.69, 9.17) is 4.74 Å². The molecule has 2 aliphatic rings. The van der Waals surface area contributed by atoms with Gasteiger partial charge in [-0.25, -0.2) is 27.5 Å². The highest BCUT2D eigenvalue weighted by molar-refractivity contribution is 7.88. The van der Waals surface area contributed by atoms with E-state index in [2.05, 4.69) is 9.97 Å². The lowest BCUT2D eigenvalue weighted by atomic mass is 9.94. The number of carbonyl (C=O) groups excluding carboxylic acids is 1. The minimum atomic E-state index is -3.14. The van der Waals surface area contributed by atoms with Crippen LogP contribution in [-0.2, 0) is 14.8 Å². The summed E-state index contributed by atoms with van der Waals surface area (Å²) in [7, 11) is -3.14. The lowest BCUT2D eigenvalue weighted by Crippen LogP contribution is -2.37. The minimum Gasteiger partial charge on any atom is -0.444 e. The Labute approximate surface area is 141 Å². The topological polar surface area (TPSA) is 92.7 Å². The maximum absolute atomic E-state index is 11.9. The molecule has 1 unspecified atom stereocenters. The van der Waals surface area contributed by atoms with Crippen molar-refractivity contribution in [2.45, 2.75) is 38.7 Å². The number of rotatable bonds is 3. The van der Waals surface area contributed by atoms with E-state index in [-0.39, 0.29) is 12.0 Å². The maximum atomic E-state index is 11.9. The monoisotopic (exact) mass is 354 g/mol. The van der Waals surface area contributed by atoms with E-state index in [0.29, 0.717) is 44.1 Å². The number of piperidine rings is 1. The van der Waals surface area contributed by atoms with Crippen molar-refractivity contribution in [3.8, 4) is 0 Å². The first-order chi connectivity index (χ1) is 11.2. The fraction of sp³-hybridized carbons (Fsp3) is 0.667. The molecule has 3 rings (SSSR count). The summed E-state index contributed by atoms with van der Waals surface area (Å²) < 4.78 is 29.9. The number of aromatic nitrogens is 2. The molecule has 1 amide bonds. The average molecular weight is 354 g/mol. The molecule has 24 heavy (non-hydrogen) atoms. The summed E-state index contributed by atoms with van der Waals surface area (Å²) in [5, 5.41) is 0. The van der Waals surface area contributed by atoms with Gasteiger partial charge in [-0.3, -0.25) is 4.90 Å². The Bertz CT molecular complexity index is 744. The molecule has 0 spiro atoms. The van der Waals surface area contributed by atoms with Gasteiger partial charge in [-0.05, 0) is 26.7 Å². The number of anilines is 1. The lowest BCUT2D eigenvalue weighted by Gasteiger charge is -2.30. The third-order valence-corrected chi connectivity index (χ3v) is 5.73. The first-order valence-electron chi connectivity index (χ1n) is 8.03. The predicted molar refractivity (Wildman–Crippen MR) is 88.4 cm³/mol. The quantitative estimate of drug-likeness (QED) is 0.811. The van der Waals surface area contributed by atoms with Crippen LogP contribution in [0.2, 0.25) is 0 Å². The fourth-order valence-electron chi connectivity index (χ4n) is 3.20. The Morgan fingerprint density at radius 3 is 2.46 bits per heavy atom. The van der Waals surface area contributed by atoms with E-state index in [1.165, 1.54) is 15.5 Å². The second kappa shape index (κ2) is 6.29. The first kappa shape index (κ1) is 17.1. The molecule has 1 aromatic heterocycles. The van der Waals surface area contributed by atoms with Crippen LogP contribution >= 0.6 is 0 Å². The van der Waals surface area contributed by atoms with Gasteiger partial charge in [0.15, 0.2) is 0 Å². The third-order valence-electron chi connectivity index (χ3n) is 4.42. The molecule has 9 heteroatoms. The lowest BCUT2D eigenvalue weighted by molar-refractivity contribution is 0.150. The van der Waals surface area contributed by atoms with Crippen LogP contribution in [0.25, 0.3) is 0 Å². The Kier molecular flexibility index (Phi) is 4.48. The number of nitrogens with zero attached hydrogens (tertiary/aromatic N) is 4. The van der Waals surface area contributed by atoms with Crippen molar-refractivity contribution >= 4 is 21.9 Å². The number of cyclic esters (lactones) is 1. The number of amides is 1. The Morgan fingerprint density at radius 1 is 1.25 bits per heavy atom. The van der Waals surface area contributed by atoms with E-state index in [1.54, 1.807) is 6.92 Å². The SMILES string of the molecule is Cc1nc(C2CCN(S(C)(=O)=O)CC2)cc(N2CC(C)OC2=O)n1. The smallest absolute Gasteiger partial charge is 0.415 e. The van der Waals surface area contributed by atoms with Crippen molar-refractivity contribution in [2.75, 3.05) is 30.8 Å². The number of hydrogen-bond donors (Lipinski definition) is 0. The number of hydrogen-bond acceptors (Lipinski definition) is 6. The highest BCUT2D eigenvalue weighted by atomic mass is 32.2. The molecular weight excluding hydrogens is 332 g/mol. The summed E-state index contributed by atoms with van der Waals surface area (Å²) in [5.41, 5.74) is 0.859. The van der Waals surface area contributed by atoms with E-state index < -0.39 is 16.1 Å². The highest BCUT2D eigenvalue weighted by Gasteiger charge is 2.32. The molecular formula is C15H22N4O4S. The standard InChI is InChI=1S/C15H22N4O4S/c1-10-9-19(15(20)23-10)14-8-13(16-11(2)17-14)12-4-6-18(7-5-12)24(3,21)22/h8,10,12H,4-7,9H2,1-3H3. The van der Waals surface area contributed by atoms with Gasteiger partial charge in [-0.15, -0.1) is 0 Å². The molecule has 0 aliphatic carbocycles. The summed E-state index contributed by atoms with van der Waals surface area (Å²) in [4.78, 5) is 22.3. The van der Waals surface area contributed by atoms with Crippen LogP contribution in [-0.4, -0.2) is 60.8 Å². The van der Waals surface area contributed by atoms with E-state index >= 15 is 0 Å². The molecule has 0 aromatic carbocycles. The largest absolute Gasteiger partial charge is 0.444 e. The van der Waals surface area contributed by atoms with Crippen molar-refractivity contribution in [1.82, 2.24) is 14.3 Å². The second-order valence-electron chi connectivity index (χ2n) is 6.44. The zero-order valence-electron chi connectivity index (χ0n) is 14.1. The van der Waals surface area contributed by atoms with Crippen LogP contribution in [0, 0.1) is 6.92 Å². The minimum absolute atomic E-state index is 0.158. The molecule has 1 aromatic rings. The summed E-state index contributed by atoms with van der Waals surface area (Å²) >= 11 is 0. The number of sulfonamides is 1. The van der Waals surface area contributed by atoms with Crippen molar-refractivity contribution < 1.29 is 17.9 Å². The molecule has 132 valence electrons. The molecule has 8 nitrogen and oxygen atoms in total. The maximum Gasteiger partial charge on any atom is 0.415 e. The van der Waals surface area contributed by atoms with Crippen molar-refractivity contribution in [1.29, 1.82) is 0 Å². The van der Waals surface area contributed by atoms with Crippen LogP contribution in [0.1, 0.15) is 37.2 Å². The summed E-state index contributed by atoms with van der Waals surface area (Å²) in [6.45, 7) is 5.09. The first-order valence-corrected chi connectivity index (χ1v) is 9.87. The molecule has 0 radical (unpaired) electrons. The number of aryl methyl sites for hydroxylation is 1. The van der Waals surface area contributed by atoms with Gasteiger partial charge in [0, 0.05) is 30.8 Å². The van der Waals surface area contributed by atoms with E-state index in [0.717, 1.165) is 5.69 Å². The van der Waals surface area contributed by atoms with Gasteiger partial charge in [-0.2, -0.15) is 0 Å². The number of ether oxygens (including phenoxy) is 1. The molecule has 0 saturated carbocycles. The summed E-state index contributed by atoms with van der Waals surface area (Å²) in [6.07, 6.45) is 2.11. The van der Waals surface area contributed by atoms with Gasteiger partial charge < -0.3 is 4.74 Å². The molecule has 2 fully saturated rings. The zero-order chi connectivity index (χ0) is 17.5. The molecule has 2 aliphatic heterocycles. The average Bonchev–Trinajstić information content (AvgIpc) is 2.84. The van der Waals surface area contributed by atoms with Crippen LogP contribution in [0.3, 0.4) is 0 Å². The predicted octanol–water partition coefficient (Wildman–Crippen LogP) is 1.27. The molecule has 0 N–H and O–H groups in total. The van der Waals surface area contributed by atoms with Gasteiger partial charge >= 0.3 is 6.09 Å². The molecule has 2 saturated heterocycles. The second-order valence-corrected chi connectivity index (χ2v) is 8.42. The van der Waals surface area contributed by atoms with Gasteiger partial charge in [0.05, 0.1) is 12.8 Å². The van der Waals surface area contributed by atoms with Crippen molar-refractivity contribution in [3.05, 3.63) is 17.6 Å². The zero-order valence-corrected chi connectivity index (χ0v) is 14.9. The van der Waals surface area contributed by atoms with Gasteiger partial charge in [0.25, 0.3) is 0 Å². The Morgan fingerprint density at radius 2 is 1.92 bits per heavy atom. The fourth-order valence-corrected chi connectivity index (χ4v) is 4.07. The molecule has 3 heterocycles.